The Labute approximate surface area is 171 Å². The van der Waals surface area contributed by atoms with Gasteiger partial charge in [-0.3, -0.25) is 0 Å². The second kappa shape index (κ2) is 6.94. The van der Waals surface area contributed by atoms with Gasteiger partial charge in [0.1, 0.15) is 5.75 Å². The zero-order valence-electron chi connectivity index (χ0n) is 17.3. The lowest BCUT2D eigenvalue weighted by molar-refractivity contribution is 0.398. The van der Waals surface area contributed by atoms with Crippen molar-refractivity contribution >= 4 is 26.8 Å². The lowest BCUT2D eigenvalue weighted by Gasteiger charge is -2.28. The minimum absolute atomic E-state index is 0.0290. The van der Waals surface area contributed by atoms with E-state index in [0.717, 1.165) is 32.4 Å². The van der Waals surface area contributed by atoms with Crippen molar-refractivity contribution in [3.63, 3.8) is 0 Å². The van der Waals surface area contributed by atoms with Crippen LogP contribution in [-0.2, 0) is 10.8 Å². The molecule has 0 saturated heterocycles. The average molecular weight is 426 g/mol. The maximum atomic E-state index is 5.92. The maximum absolute atomic E-state index is 5.92. The molecule has 0 saturated carbocycles. The number of aromatic nitrogens is 1. The lowest BCUT2D eigenvalue weighted by atomic mass is 9.78. The normalized spacial score (nSPS) is 12.4. The highest BCUT2D eigenvalue weighted by Crippen LogP contribution is 2.42. The first-order valence-corrected chi connectivity index (χ1v) is 10.1. The van der Waals surface area contributed by atoms with Crippen LogP contribution in [0.25, 0.3) is 22.2 Å². The smallest absolute Gasteiger partial charge is 0.131 e. The van der Waals surface area contributed by atoms with Crippen molar-refractivity contribution in [2.45, 2.75) is 52.4 Å². The second-order valence-corrected chi connectivity index (χ2v) is 9.97. The van der Waals surface area contributed by atoms with E-state index in [1.807, 2.05) is 12.1 Å². The van der Waals surface area contributed by atoms with Gasteiger partial charge in [0.05, 0.1) is 18.3 Å². The van der Waals surface area contributed by atoms with Crippen LogP contribution in [0, 0.1) is 0 Å². The SMILES string of the molecule is COc1c(-c2ccc3cccc(Br)c3n2)cc(C(C)(C)C)cc1C(C)(C)C. The largest absolute Gasteiger partial charge is 0.496 e. The number of para-hydroxylation sites is 1. The number of fused-ring (bicyclic) bond motifs is 1. The molecule has 0 radical (unpaired) electrons. The molecule has 0 unspecified atom stereocenters. The number of rotatable bonds is 2. The van der Waals surface area contributed by atoms with E-state index in [4.69, 9.17) is 9.72 Å². The van der Waals surface area contributed by atoms with Crippen molar-refractivity contribution in [3.8, 4) is 17.0 Å². The minimum Gasteiger partial charge on any atom is -0.496 e. The number of pyridine rings is 1. The van der Waals surface area contributed by atoms with Crippen molar-refractivity contribution in [2.75, 3.05) is 7.11 Å². The molecule has 0 atom stereocenters. The number of hydrogen-bond donors (Lipinski definition) is 0. The van der Waals surface area contributed by atoms with E-state index in [1.165, 1.54) is 11.1 Å². The molecule has 3 rings (SSSR count). The summed E-state index contributed by atoms with van der Waals surface area (Å²) >= 11 is 3.64. The van der Waals surface area contributed by atoms with Gasteiger partial charge in [0.15, 0.2) is 0 Å². The predicted molar refractivity (Wildman–Crippen MR) is 119 cm³/mol. The molecule has 0 aliphatic carbocycles. The van der Waals surface area contributed by atoms with Crippen LogP contribution in [0.15, 0.2) is 46.9 Å². The van der Waals surface area contributed by atoms with E-state index in [0.29, 0.717) is 0 Å². The Hall–Kier alpha value is -1.87. The van der Waals surface area contributed by atoms with Gasteiger partial charge in [-0.25, -0.2) is 4.98 Å². The molecule has 0 fully saturated rings. The molecule has 27 heavy (non-hydrogen) atoms. The summed E-state index contributed by atoms with van der Waals surface area (Å²) in [5.74, 6) is 0.911. The van der Waals surface area contributed by atoms with Crippen LogP contribution in [0.1, 0.15) is 52.7 Å². The van der Waals surface area contributed by atoms with E-state index in [1.54, 1.807) is 7.11 Å². The number of nitrogens with zero attached hydrogens (tertiary/aromatic N) is 1. The predicted octanol–water partition coefficient (Wildman–Crippen LogP) is 7.27. The fourth-order valence-corrected chi connectivity index (χ4v) is 3.76. The van der Waals surface area contributed by atoms with Gasteiger partial charge < -0.3 is 4.74 Å². The molecular weight excluding hydrogens is 398 g/mol. The number of benzene rings is 2. The lowest BCUT2D eigenvalue weighted by Crippen LogP contribution is -2.18. The molecule has 142 valence electrons. The zero-order valence-corrected chi connectivity index (χ0v) is 18.9. The standard InChI is InChI=1S/C24H28BrNO/c1-23(2,3)16-13-17(22(27-7)18(14-16)24(4,5)6)20-12-11-15-9-8-10-19(25)21(15)26-20/h8-14H,1-7H3. The fourth-order valence-electron chi connectivity index (χ4n) is 3.29. The Morgan fingerprint density at radius 2 is 1.59 bits per heavy atom. The monoisotopic (exact) mass is 425 g/mol. The van der Waals surface area contributed by atoms with Gasteiger partial charge in [0.25, 0.3) is 0 Å². The van der Waals surface area contributed by atoms with Crippen molar-refractivity contribution in [2.24, 2.45) is 0 Å². The molecule has 0 amide bonds. The summed E-state index contributed by atoms with van der Waals surface area (Å²) in [5.41, 5.74) is 5.46. The van der Waals surface area contributed by atoms with E-state index >= 15 is 0 Å². The van der Waals surface area contributed by atoms with Gasteiger partial charge in [-0.2, -0.15) is 0 Å². The Balaban J connectivity index is 2.36. The quantitative estimate of drug-likeness (QED) is 0.430. The number of ether oxygens (including phenoxy) is 1. The topological polar surface area (TPSA) is 22.1 Å². The Bertz CT molecular complexity index is 994. The van der Waals surface area contributed by atoms with Crippen LogP contribution in [0.3, 0.4) is 0 Å². The van der Waals surface area contributed by atoms with Gasteiger partial charge in [-0.05, 0) is 50.5 Å². The van der Waals surface area contributed by atoms with Crippen LogP contribution in [0.2, 0.25) is 0 Å². The molecular formula is C24H28BrNO. The van der Waals surface area contributed by atoms with Crippen LogP contribution in [0.4, 0.5) is 0 Å². The van der Waals surface area contributed by atoms with E-state index in [9.17, 15) is 0 Å². The average Bonchev–Trinajstić information content (AvgIpc) is 2.59. The highest BCUT2D eigenvalue weighted by Gasteiger charge is 2.26. The summed E-state index contributed by atoms with van der Waals surface area (Å²) < 4.78 is 6.92. The Morgan fingerprint density at radius 3 is 2.19 bits per heavy atom. The molecule has 3 heteroatoms. The number of hydrogen-bond acceptors (Lipinski definition) is 2. The number of methoxy groups -OCH3 is 1. The molecule has 0 bridgehead atoms. The minimum atomic E-state index is -0.0290. The highest BCUT2D eigenvalue weighted by molar-refractivity contribution is 9.10. The Kier molecular flexibility index (Phi) is 5.11. The van der Waals surface area contributed by atoms with Gasteiger partial charge >= 0.3 is 0 Å². The molecule has 0 N–H and O–H groups in total. The molecule has 1 aromatic heterocycles. The number of halogens is 1. The van der Waals surface area contributed by atoms with Crippen LogP contribution >= 0.6 is 15.9 Å². The summed E-state index contributed by atoms with van der Waals surface area (Å²) in [6, 6.07) is 14.9. The summed E-state index contributed by atoms with van der Waals surface area (Å²) in [5, 5.41) is 1.12. The molecule has 1 heterocycles. The van der Waals surface area contributed by atoms with Gasteiger partial charge in [-0.15, -0.1) is 0 Å². The molecule has 2 aromatic carbocycles. The molecule has 3 aromatic rings. The maximum Gasteiger partial charge on any atom is 0.131 e. The summed E-state index contributed by atoms with van der Waals surface area (Å²) in [7, 11) is 1.75. The van der Waals surface area contributed by atoms with Gasteiger partial charge in [-0.1, -0.05) is 65.8 Å². The van der Waals surface area contributed by atoms with E-state index < -0.39 is 0 Å². The van der Waals surface area contributed by atoms with Crippen molar-refractivity contribution in [3.05, 3.63) is 58.1 Å². The summed E-state index contributed by atoms with van der Waals surface area (Å²) in [6.07, 6.45) is 0. The van der Waals surface area contributed by atoms with E-state index in [-0.39, 0.29) is 10.8 Å². The first-order chi connectivity index (χ1) is 12.5. The summed E-state index contributed by atoms with van der Waals surface area (Å²) in [6.45, 7) is 13.4. The van der Waals surface area contributed by atoms with Gasteiger partial charge in [0, 0.05) is 21.0 Å². The zero-order chi connectivity index (χ0) is 20.0. The Morgan fingerprint density at radius 1 is 0.889 bits per heavy atom. The van der Waals surface area contributed by atoms with Crippen LogP contribution in [-0.4, -0.2) is 12.1 Å². The van der Waals surface area contributed by atoms with Gasteiger partial charge in [0.2, 0.25) is 0 Å². The fraction of sp³-hybridized carbons (Fsp3) is 0.375. The van der Waals surface area contributed by atoms with E-state index in [2.05, 4.69) is 87.8 Å². The molecule has 0 spiro atoms. The third-order valence-electron chi connectivity index (χ3n) is 4.91. The highest BCUT2D eigenvalue weighted by atomic mass is 79.9. The molecule has 0 aliphatic heterocycles. The molecule has 0 aliphatic rings. The van der Waals surface area contributed by atoms with Crippen LogP contribution < -0.4 is 4.74 Å². The second-order valence-electron chi connectivity index (χ2n) is 9.11. The molecule has 2 nitrogen and oxygen atoms in total. The third kappa shape index (κ3) is 3.89. The van der Waals surface area contributed by atoms with Crippen molar-refractivity contribution in [1.82, 2.24) is 4.98 Å². The summed E-state index contributed by atoms with van der Waals surface area (Å²) in [4.78, 5) is 4.97. The third-order valence-corrected chi connectivity index (χ3v) is 5.55. The van der Waals surface area contributed by atoms with Crippen molar-refractivity contribution in [1.29, 1.82) is 0 Å². The first kappa shape index (κ1) is 19.9. The first-order valence-electron chi connectivity index (χ1n) is 9.31. The van der Waals surface area contributed by atoms with Crippen molar-refractivity contribution < 1.29 is 4.74 Å². The van der Waals surface area contributed by atoms with Crippen LogP contribution in [0.5, 0.6) is 5.75 Å².